The van der Waals surface area contributed by atoms with E-state index in [1.165, 1.54) is 6.33 Å². The first kappa shape index (κ1) is 18.6. The van der Waals surface area contributed by atoms with Crippen LogP contribution >= 0.6 is 0 Å². The number of ether oxygens (including phenoxy) is 1. The fourth-order valence-corrected chi connectivity index (χ4v) is 3.45. The summed E-state index contributed by atoms with van der Waals surface area (Å²) in [7, 11) is 3.46. The molecule has 4 aromatic heterocycles. The summed E-state index contributed by atoms with van der Waals surface area (Å²) < 4.78 is 14.2. The molecule has 0 amide bonds. The molecule has 5 rings (SSSR count). The minimum Gasteiger partial charge on any atom is -0.495 e. The Bertz CT molecular complexity index is 1400. The summed E-state index contributed by atoms with van der Waals surface area (Å²) in [5.41, 5.74) is 10.9. The van der Waals surface area contributed by atoms with Crippen LogP contribution in [0.4, 0.5) is 17.5 Å². The number of hydrogen-bond donors (Lipinski definition) is 2. The molecule has 0 aliphatic rings. The number of fused-ring (bicyclic) bond motifs is 1. The zero-order valence-electron chi connectivity index (χ0n) is 17.1. The Morgan fingerprint density at radius 3 is 2.77 bits per heavy atom. The summed E-state index contributed by atoms with van der Waals surface area (Å²) >= 11 is 0. The summed E-state index contributed by atoms with van der Waals surface area (Å²) in [6.07, 6.45) is 3.31. The van der Waals surface area contributed by atoms with Crippen LogP contribution in [0.15, 0.2) is 47.4 Å². The molecule has 0 unspecified atom stereocenters. The third kappa shape index (κ3) is 3.21. The van der Waals surface area contributed by atoms with Crippen LogP contribution in [-0.2, 0) is 7.05 Å². The van der Waals surface area contributed by atoms with Gasteiger partial charge in [-0.2, -0.15) is 15.2 Å². The number of anilines is 3. The Labute approximate surface area is 176 Å². The fraction of sp³-hybridized carbons (Fsp3) is 0.150. The fourth-order valence-electron chi connectivity index (χ4n) is 3.45. The largest absolute Gasteiger partial charge is 0.495 e. The van der Waals surface area contributed by atoms with E-state index in [1.54, 1.807) is 23.2 Å². The topological polar surface area (TPSA) is 134 Å². The van der Waals surface area contributed by atoms with E-state index in [9.17, 15) is 0 Å². The van der Waals surface area contributed by atoms with Crippen molar-refractivity contribution in [3.63, 3.8) is 0 Å². The zero-order chi connectivity index (χ0) is 21.5. The van der Waals surface area contributed by atoms with Crippen molar-refractivity contribution in [2.24, 2.45) is 7.05 Å². The number of aryl methyl sites for hydroxylation is 2. The highest BCUT2D eigenvalue weighted by molar-refractivity contribution is 5.92. The molecule has 0 saturated heterocycles. The van der Waals surface area contributed by atoms with Crippen molar-refractivity contribution in [1.29, 1.82) is 0 Å². The number of nitrogens with two attached hydrogens (primary N) is 1. The van der Waals surface area contributed by atoms with Crippen LogP contribution in [0.3, 0.4) is 0 Å². The molecular weight excluding hydrogens is 398 g/mol. The van der Waals surface area contributed by atoms with Crippen LogP contribution in [0.25, 0.3) is 28.0 Å². The van der Waals surface area contributed by atoms with Gasteiger partial charge in [0.15, 0.2) is 11.6 Å². The van der Waals surface area contributed by atoms with E-state index in [0.717, 1.165) is 22.5 Å². The number of nitrogen functional groups attached to an aromatic ring is 1. The highest BCUT2D eigenvalue weighted by Crippen LogP contribution is 2.38. The van der Waals surface area contributed by atoms with Gasteiger partial charge < -0.3 is 20.3 Å². The average molecular weight is 417 g/mol. The van der Waals surface area contributed by atoms with Gasteiger partial charge in [0.2, 0.25) is 0 Å². The van der Waals surface area contributed by atoms with Crippen molar-refractivity contribution in [3.8, 4) is 28.3 Å². The number of hydrogen-bond acceptors (Lipinski definition) is 9. The Morgan fingerprint density at radius 2 is 2.06 bits per heavy atom. The minimum atomic E-state index is 0.285. The summed E-state index contributed by atoms with van der Waals surface area (Å²) in [5.74, 6) is 1.51. The number of nitrogens with one attached hydrogen (secondary N) is 1. The standard InChI is InChI=1S/C20H19N9O2/c1-11-24-20(31-27-11)25-15-5-4-12(8-17(15)30-3)13-9-16(14-6-7-28(2)26-14)29-18(13)19(21)22-10-23-29/h4-10H,1-3H3,(H2,21,22,23)(H,24,25,27). The van der Waals surface area contributed by atoms with E-state index in [0.29, 0.717) is 28.6 Å². The second kappa shape index (κ2) is 7.13. The van der Waals surface area contributed by atoms with Gasteiger partial charge in [-0.15, -0.1) is 0 Å². The Morgan fingerprint density at radius 1 is 1.19 bits per heavy atom. The van der Waals surface area contributed by atoms with E-state index in [2.05, 4.69) is 30.6 Å². The van der Waals surface area contributed by atoms with E-state index >= 15 is 0 Å². The number of methoxy groups -OCH3 is 1. The molecule has 4 heterocycles. The Balaban J connectivity index is 1.63. The molecule has 11 nitrogen and oxygen atoms in total. The van der Waals surface area contributed by atoms with Crippen molar-refractivity contribution >= 4 is 23.0 Å². The molecule has 0 aliphatic heterocycles. The second-order valence-electron chi connectivity index (χ2n) is 6.91. The van der Waals surface area contributed by atoms with E-state index in [4.69, 9.17) is 15.0 Å². The second-order valence-corrected chi connectivity index (χ2v) is 6.91. The predicted octanol–water partition coefficient (Wildman–Crippen LogP) is 2.82. The summed E-state index contributed by atoms with van der Waals surface area (Å²) in [6.45, 7) is 1.75. The van der Waals surface area contributed by atoms with Gasteiger partial charge in [-0.1, -0.05) is 11.2 Å². The van der Waals surface area contributed by atoms with E-state index in [1.807, 2.05) is 43.6 Å². The zero-order valence-corrected chi connectivity index (χ0v) is 17.1. The van der Waals surface area contributed by atoms with Crippen molar-refractivity contribution in [2.45, 2.75) is 6.92 Å². The highest BCUT2D eigenvalue weighted by Gasteiger charge is 2.19. The lowest BCUT2D eigenvalue weighted by molar-refractivity contribution is 0.413. The first-order chi connectivity index (χ1) is 15.0. The molecule has 0 fully saturated rings. The van der Waals surface area contributed by atoms with E-state index < -0.39 is 0 Å². The predicted molar refractivity (Wildman–Crippen MR) is 114 cm³/mol. The summed E-state index contributed by atoms with van der Waals surface area (Å²) in [6, 6.07) is 9.91. The maximum atomic E-state index is 6.23. The molecule has 156 valence electrons. The van der Waals surface area contributed by atoms with Gasteiger partial charge in [-0.25, -0.2) is 9.50 Å². The van der Waals surface area contributed by atoms with Crippen molar-refractivity contribution in [2.75, 3.05) is 18.2 Å². The monoisotopic (exact) mass is 417 g/mol. The molecular formula is C20H19N9O2. The van der Waals surface area contributed by atoms with Gasteiger partial charge in [-0.05, 0) is 36.8 Å². The molecule has 0 atom stereocenters. The number of nitrogens with zero attached hydrogens (tertiary/aromatic N) is 7. The normalized spacial score (nSPS) is 11.2. The molecule has 0 aliphatic carbocycles. The Hall–Kier alpha value is -4.41. The molecule has 11 heteroatoms. The lowest BCUT2D eigenvalue weighted by Crippen LogP contribution is -2.01. The molecule has 0 saturated carbocycles. The molecule has 1 aromatic carbocycles. The van der Waals surface area contributed by atoms with Crippen LogP contribution in [0.5, 0.6) is 5.75 Å². The Kier molecular flexibility index (Phi) is 4.28. The third-order valence-electron chi connectivity index (χ3n) is 4.84. The van der Waals surface area contributed by atoms with Crippen LogP contribution in [0, 0.1) is 6.92 Å². The minimum absolute atomic E-state index is 0.285. The molecule has 31 heavy (non-hydrogen) atoms. The van der Waals surface area contributed by atoms with Gasteiger partial charge in [0, 0.05) is 18.8 Å². The van der Waals surface area contributed by atoms with Crippen LogP contribution in [0.1, 0.15) is 5.82 Å². The first-order valence-corrected chi connectivity index (χ1v) is 9.41. The van der Waals surface area contributed by atoms with Crippen molar-refractivity contribution in [1.82, 2.24) is 34.5 Å². The number of aromatic nitrogens is 7. The van der Waals surface area contributed by atoms with Gasteiger partial charge in [0.05, 0.1) is 18.5 Å². The van der Waals surface area contributed by atoms with Crippen LogP contribution < -0.4 is 15.8 Å². The molecule has 0 bridgehead atoms. The van der Waals surface area contributed by atoms with Gasteiger partial charge in [0.25, 0.3) is 0 Å². The van der Waals surface area contributed by atoms with E-state index in [-0.39, 0.29) is 6.01 Å². The maximum Gasteiger partial charge on any atom is 0.326 e. The van der Waals surface area contributed by atoms with Crippen molar-refractivity contribution in [3.05, 3.63) is 48.7 Å². The smallest absolute Gasteiger partial charge is 0.326 e. The molecule has 3 N–H and O–H groups in total. The van der Waals surface area contributed by atoms with Gasteiger partial charge in [-0.3, -0.25) is 4.68 Å². The lowest BCUT2D eigenvalue weighted by Gasteiger charge is -2.10. The highest BCUT2D eigenvalue weighted by atomic mass is 16.5. The molecule has 5 aromatic rings. The average Bonchev–Trinajstić information content (AvgIpc) is 3.47. The van der Waals surface area contributed by atoms with Crippen LogP contribution in [-0.4, -0.2) is 41.6 Å². The quantitative estimate of drug-likeness (QED) is 0.442. The number of rotatable bonds is 5. The first-order valence-electron chi connectivity index (χ1n) is 9.41. The summed E-state index contributed by atoms with van der Waals surface area (Å²) in [4.78, 5) is 8.34. The SMILES string of the molecule is COc1cc(-c2cc(-c3ccn(C)n3)n3ncnc(N)c23)ccc1Nc1nc(C)no1. The van der Waals surface area contributed by atoms with Gasteiger partial charge in [0.1, 0.15) is 23.3 Å². The maximum absolute atomic E-state index is 6.23. The van der Waals surface area contributed by atoms with Gasteiger partial charge >= 0.3 is 6.01 Å². The number of benzene rings is 1. The lowest BCUT2D eigenvalue weighted by atomic mass is 10.1. The molecule has 0 spiro atoms. The third-order valence-corrected chi connectivity index (χ3v) is 4.84. The summed E-state index contributed by atoms with van der Waals surface area (Å²) in [5, 5.41) is 15.8. The molecule has 0 radical (unpaired) electrons. The van der Waals surface area contributed by atoms with Crippen molar-refractivity contribution < 1.29 is 9.26 Å². The van der Waals surface area contributed by atoms with Crippen LogP contribution in [0.2, 0.25) is 0 Å².